The molecule has 0 aliphatic rings. The molecule has 0 aliphatic carbocycles. The predicted octanol–water partition coefficient (Wildman–Crippen LogP) is 3.75. The van der Waals surface area contributed by atoms with Crippen molar-refractivity contribution in [3.05, 3.63) is 48.2 Å². The molecule has 1 aromatic carbocycles. The van der Waals surface area contributed by atoms with Gasteiger partial charge in [-0.1, -0.05) is 26.8 Å². The maximum atomic E-state index is 9.79. The summed E-state index contributed by atoms with van der Waals surface area (Å²) in [6.07, 6.45) is 1.76. The molecule has 0 fully saturated rings. The van der Waals surface area contributed by atoms with E-state index in [0.717, 1.165) is 16.8 Å². The standard InChI is InChI=1S/C15H17NO/c1-15(2,3)12-8-11(9-13(17)10-12)14-6-4-5-7-16-14/h4-10,17H,1-3H3. The largest absolute Gasteiger partial charge is 0.508 e. The van der Waals surface area contributed by atoms with Crippen molar-refractivity contribution in [2.75, 3.05) is 0 Å². The van der Waals surface area contributed by atoms with Crippen LogP contribution in [0.1, 0.15) is 26.3 Å². The molecule has 0 spiro atoms. The average Bonchev–Trinajstić information content (AvgIpc) is 2.28. The summed E-state index contributed by atoms with van der Waals surface area (Å²) in [6, 6.07) is 11.4. The van der Waals surface area contributed by atoms with Crippen LogP contribution >= 0.6 is 0 Å². The minimum absolute atomic E-state index is 0.0161. The Kier molecular flexibility index (Phi) is 2.88. The summed E-state index contributed by atoms with van der Waals surface area (Å²) in [5.74, 6) is 0.290. The van der Waals surface area contributed by atoms with Gasteiger partial charge in [0.1, 0.15) is 5.75 Å². The lowest BCUT2D eigenvalue weighted by Crippen LogP contribution is -2.10. The van der Waals surface area contributed by atoms with Crippen molar-refractivity contribution in [2.24, 2.45) is 0 Å². The van der Waals surface area contributed by atoms with Gasteiger partial charge in [-0.3, -0.25) is 4.98 Å². The highest BCUT2D eigenvalue weighted by atomic mass is 16.3. The van der Waals surface area contributed by atoms with E-state index in [2.05, 4.69) is 31.8 Å². The number of nitrogens with zero attached hydrogens (tertiary/aromatic N) is 1. The first-order chi connectivity index (χ1) is 7.97. The van der Waals surface area contributed by atoms with E-state index in [9.17, 15) is 5.11 Å². The van der Waals surface area contributed by atoms with E-state index < -0.39 is 0 Å². The molecule has 0 amide bonds. The molecule has 88 valence electrons. The van der Waals surface area contributed by atoms with E-state index in [-0.39, 0.29) is 11.2 Å². The van der Waals surface area contributed by atoms with Crippen LogP contribution in [0.4, 0.5) is 0 Å². The molecule has 0 saturated heterocycles. The molecule has 0 bridgehead atoms. The Bertz CT molecular complexity index is 512. The predicted molar refractivity (Wildman–Crippen MR) is 70.0 cm³/mol. The molecule has 17 heavy (non-hydrogen) atoms. The molecular weight excluding hydrogens is 210 g/mol. The lowest BCUT2D eigenvalue weighted by molar-refractivity contribution is 0.471. The molecule has 2 heteroatoms. The van der Waals surface area contributed by atoms with Crippen LogP contribution in [0.2, 0.25) is 0 Å². The molecule has 0 unspecified atom stereocenters. The van der Waals surface area contributed by atoms with Gasteiger partial charge >= 0.3 is 0 Å². The van der Waals surface area contributed by atoms with Gasteiger partial charge < -0.3 is 5.11 Å². The summed E-state index contributed by atoms with van der Waals surface area (Å²) in [7, 11) is 0. The van der Waals surface area contributed by atoms with Crippen molar-refractivity contribution in [1.82, 2.24) is 4.98 Å². The normalized spacial score (nSPS) is 11.5. The number of hydrogen-bond acceptors (Lipinski definition) is 2. The summed E-state index contributed by atoms with van der Waals surface area (Å²) in [5.41, 5.74) is 2.96. The Morgan fingerprint density at radius 3 is 2.41 bits per heavy atom. The molecule has 0 aliphatic heterocycles. The minimum atomic E-state index is 0.0161. The first kappa shape index (κ1) is 11.6. The second-order valence-corrected chi connectivity index (χ2v) is 5.23. The van der Waals surface area contributed by atoms with Gasteiger partial charge in [0.2, 0.25) is 0 Å². The number of aromatic hydroxyl groups is 1. The summed E-state index contributed by atoms with van der Waals surface area (Å²) < 4.78 is 0. The van der Waals surface area contributed by atoms with Gasteiger partial charge in [-0.15, -0.1) is 0 Å². The Hall–Kier alpha value is -1.83. The van der Waals surface area contributed by atoms with Gasteiger partial charge in [-0.2, -0.15) is 0 Å². The number of hydrogen-bond donors (Lipinski definition) is 1. The summed E-state index contributed by atoms with van der Waals surface area (Å²) in [5, 5.41) is 9.79. The lowest BCUT2D eigenvalue weighted by Gasteiger charge is -2.20. The highest BCUT2D eigenvalue weighted by Crippen LogP contribution is 2.30. The zero-order valence-electron chi connectivity index (χ0n) is 10.4. The van der Waals surface area contributed by atoms with E-state index in [0.29, 0.717) is 0 Å². The third kappa shape index (κ3) is 2.64. The summed E-state index contributed by atoms with van der Waals surface area (Å²) in [4.78, 5) is 4.30. The quantitative estimate of drug-likeness (QED) is 0.804. The van der Waals surface area contributed by atoms with Crippen molar-refractivity contribution >= 4 is 0 Å². The van der Waals surface area contributed by atoms with Crippen molar-refractivity contribution in [3.63, 3.8) is 0 Å². The monoisotopic (exact) mass is 227 g/mol. The minimum Gasteiger partial charge on any atom is -0.508 e. The lowest BCUT2D eigenvalue weighted by atomic mass is 9.85. The fourth-order valence-electron chi connectivity index (χ4n) is 1.73. The highest BCUT2D eigenvalue weighted by Gasteiger charge is 2.15. The smallest absolute Gasteiger partial charge is 0.116 e. The van der Waals surface area contributed by atoms with E-state index in [1.54, 1.807) is 12.3 Å². The van der Waals surface area contributed by atoms with E-state index in [1.165, 1.54) is 0 Å². The van der Waals surface area contributed by atoms with Crippen LogP contribution in [-0.2, 0) is 5.41 Å². The van der Waals surface area contributed by atoms with Crippen LogP contribution in [0.3, 0.4) is 0 Å². The number of phenolic OH excluding ortho intramolecular Hbond substituents is 1. The molecule has 2 nitrogen and oxygen atoms in total. The van der Waals surface area contributed by atoms with Crippen molar-refractivity contribution in [2.45, 2.75) is 26.2 Å². The van der Waals surface area contributed by atoms with E-state index in [4.69, 9.17) is 0 Å². The highest BCUT2D eigenvalue weighted by molar-refractivity contribution is 5.62. The molecule has 1 heterocycles. The second-order valence-electron chi connectivity index (χ2n) is 5.23. The van der Waals surface area contributed by atoms with Crippen LogP contribution in [0, 0.1) is 0 Å². The Balaban J connectivity index is 2.54. The number of pyridine rings is 1. The molecule has 0 radical (unpaired) electrons. The van der Waals surface area contributed by atoms with E-state index in [1.807, 2.05) is 24.3 Å². The number of phenols is 1. The first-order valence-electron chi connectivity index (χ1n) is 5.73. The third-order valence-electron chi connectivity index (χ3n) is 2.74. The van der Waals surface area contributed by atoms with Crippen molar-refractivity contribution in [3.8, 4) is 17.0 Å². The second kappa shape index (κ2) is 4.21. The van der Waals surface area contributed by atoms with Gasteiger partial charge in [0.05, 0.1) is 5.69 Å². The van der Waals surface area contributed by atoms with Crippen LogP contribution in [0.5, 0.6) is 5.75 Å². The summed E-state index contributed by atoms with van der Waals surface area (Å²) in [6.45, 7) is 6.39. The zero-order chi connectivity index (χ0) is 12.5. The van der Waals surface area contributed by atoms with Gasteiger partial charge in [-0.05, 0) is 41.3 Å². The molecule has 2 rings (SSSR count). The molecule has 1 N–H and O–H groups in total. The molecule has 2 aromatic rings. The maximum absolute atomic E-state index is 9.79. The van der Waals surface area contributed by atoms with Gasteiger partial charge in [0.15, 0.2) is 0 Å². The van der Waals surface area contributed by atoms with Gasteiger partial charge in [-0.25, -0.2) is 0 Å². The topological polar surface area (TPSA) is 33.1 Å². The Labute approximate surface area is 102 Å². The molecule has 0 saturated carbocycles. The average molecular weight is 227 g/mol. The van der Waals surface area contributed by atoms with E-state index >= 15 is 0 Å². The van der Waals surface area contributed by atoms with Crippen LogP contribution in [-0.4, -0.2) is 10.1 Å². The number of benzene rings is 1. The molecule has 0 atom stereocenters. The molecule has 1 aromatic heterocycles. The maximum Gasteiger partial charge on any atom is 0.116 e. The van der Waals surface area contributed by atoms with Crippen LogP contribution < -0.4 is 0 Å². The number of aromatic nitrogens is 1. The third-order valence-corrected chi connectivity index (χ3v) is 2.74. The fraction of sp³-hybridized carbons (Fsp3) is 0.267. The Morgan fingerprint density at radius 2 is 1.82 bits per heavy atom. The zero-order valence-corrected chi connectivity index (χ0v) is 10.4. The first-order valence-corrected chi connectivity index (χ1v) is 5.73. The SMILES string of the molecule is CC(C)(C)c1cc(O)cc(-c2ccccn2)c1. The van der Waals surface area contributed by atoms with Gasteiger partial charge in [0, 0.05) is 11.8 Å². The Morgan fingerprint density at radius 1 is 1.06 bits per heavy atom. The van der Waals surface area contributed by atoms with Gasteiger partial charge in [0.25, 0.3) is 0 Å². The van der Waals surface area contributed by atoms with Crippen molar-refractivity contribution in [1.29, 1.82) is 0 Å². The molecular formula is C15H17NO. The summed E-state index contributed by atoms with van der Waals surface area (Å²) >= 11 is 0. The number of rotatable bonds is 1. The van der Waals surface area contributed by atoms with Crippen LogP contribution in [0.15, 0.2) is 42.6 Å². The van der Waals surface area contributed by atoms with Crippen LogP contribution in [0.25, 0.3) is 11.3 Å². The van der Waals surface area contributed by atoms with Crippen molar-refractivity contribution < 1.29 is 5.11 Å². The fourth-order valence-corrected chi connectivity index (χ4v) is 1.73.